The molecule has 0 aliphatic heterocycles. The van der Waals surface area contributed by atoms with Gasteiger partial charge in [-0.15, -0.1) is 0 Å². The van der Waals surface area contributed by atoms with Crippen molar-refractivity contribution in [2.24, 2.45) is 0 Å². The molecule has 0 atom stereocenters. The molecule has 1 N–H and O–H groups in total. The van der Waals surface area contributed by atoms with Gasteiger partial charge in [0.25, 0.3) is 0 Å². The minimum Gasteiger partial charge on any atom is -0.354 e. The van der Waals surface area contributed by atoms with Crippen LogP contribution in [0.2, 0.25) is 0 Å². The van der Waals surface area contributed by atoms with E-state index >= 15 is 0 Å². The maximum atomic E-state index is 5.12. The molecule has 0 bridgehead atoms. The van der Waals surface area contributed by atoms with E-state index in [1.165, 1.54) is 11.1 Å². The Labute approximate surface area is 242 Å². The number of nitrogens with one attached hydrogen (secondary N) is 1. The third kappa shape index (κ3) is 5.80. The van der Waals surface area contributed by atoms with E-state index in [0.717, 1.165) is 50.7 Å². The summed E-state index contributed by atoms with van der Waals surface area (Å²) in [5.41, 5.74) is 11.6. The van der Waals surface area contributed by atoms with Gasteiger partial charge < -0.3 is 5.32 Å². The van der Waals surface area contributed by atoms with Gasteiger partial charge in [-0.05, 0) is 64.1 Å². The zero-order valence-electron chi connectivity index (χ0n) is 23.7. The molecular formula is C38H33N3. The number of rotatable bonds is 6. The minimum atomic E-state index is 0.0751. The molecule has 2 heterocycles. The average molecular weight is 532 g/mol. The number of aromatic nitrogens is 2. The molecule has 3 nitrogen and oxygen atoms in total. The van der Waals surface area contributed by atoms with E-state index in [9.17, 15) is 0 Å². The fourth-order valence-electron chi connectivity index (χ4n) is 5.07. The molecule has 0 saturated carbocycles. The fourth-order valence-corrected chi connectivity index (χ4v) is 5.07. The Bertz CT molecular complexity index is 1730. The van der Waals surface area contributed by atoms with Crippen LogP contribution in [-0.4, -0.2) is 9.97 Å². The van der Waals surface area contributed by atoms with Crippen molar-refractivity contribution in [1.82, 2.24) is 9.97 Å². The van der Waals surface area contributed by atoms with Gasteiger partial charge in [0.15, 0.2) is 0 Å². The fraction of sp³-hybridized carbons (Fsp3) is 0.105. The summed E-state index contributed by atoms with van der Waals surface area (Å²) < 4.78 is 0. The average Bonchev–Trinajstić information content (AvgIpc) is 3.02. The highest BCUT2D eigenvalue weighted by molar-refractivity contribution is 5.87. The van der Waals surface area contributed by atoms with Gasteiger partial charge in [0.1, 0.15) is 0 Å². The van der Waals surface area contributed by atoms with Crippen LogP contribution in [0.5, 0.6) is 0 Å². The van der Waals surface area contributed by atoms with Crippen molar-refractivity contribution in [3.63, 3.8) is 0 Å². The summed E-state index contributed by atoms with van der Waals surface area (Å²) in [4.78, 5) is 9.72. The third-order valence-corrected chi connectivity index (χ3v) is 7.30. The number of hydrogen-bond acceptors (Lipinski definition) is 3. The van der Waals surface area contributed by atoms with Crippen molar-refractivity contribution in [3.05, 3.63) is 145 Å². The minimum absolute atomic E-state index is 0.0751. The molecule has 41 heavy (non-hydrogen) atoms. The zero-order chi connectivity index (χ0) is 28.2. The van der Waals surface area contributed by atoms with Crippen LogP contribution in [0.15, 0.2) is 140 Å². The van der Waals surface area contributed by atoms with Gasteiger partial charge >= 0.3 is 0 Å². The molecule has 0 radical (unpaired) electrons. The van der Waals surface area contributed by atoms with E-state index in [1.807, 2.05) is 30.5 Å². The Morgan fingerprint density at radius 1 is 0.488 bits per heavy atom. The molecule has 0 spiro atoms. The van der Waals surface area contributed by atoms with Crippen LogP contribution in [0.25, 0.3) is 44.9 Å². The number of benzene rings is 4. The van der Waals surface area contributed by atoms with Gasteiger partial charge in [-0.3, -0.25) is 4.98 Å². The highest BCUT2D eigenvalue weighted by atomic mass is 14.9. The van der Waals surface area contributed by atoms with E-state index < -0.39 is 0 Å². The first-order valence-corrected chi connectivity index (χ1v) is 14.0. The predicted octanol–water partition coefficient (Wildman–Crippen LogP) is 10.2. The maximum absolute atomic E-state index is 5.12. The van der Waals surface area contributed by atoms with Gasteiger partial charge in [0.05, 0.1) is 17.1 Å². The molecule has 0 aliphatic rings. The summed E-state index contributed by atoms with van der Waals surface area (Å²) in [6.07, 6.45) is 1.81. The summed E-state index contributed by atoms with van der Waals surface area (Å²) in [7, 11) is 0. The summed E-state index contributed by atoms with van der Waals surface area (Å²) in [5.74, 6) is 0. The van der Waals surface area contributed by atoms with Crippen LogP contribution in [-0.2, 0) is 5.41 Å². The highest BCUT2D eigenvalue weighted by Gasteiger charge is 2.16. The Balaban J connectivity index is 1.45. The number of nitrogens with zero attached hydrogens (tertiary/aromatic N) is 2. The smallest absolute Gasteiger partial charge is 0.0899 e. The largest absolute Gasteiger partial charge is 0.354 e. The topological polar surface area (TPSA) is 37.8 Å². The van der Waals surface area contributed by atoms with Gasteiger partial charge in [-0.1, -0.05) is 118 Å². The van der Waals surface area contributed by atoms with Crippen LogP contribution >= 0.6 is 0 Å². The molecule has 4 aromatic carbocycles. The molecule has 0 saturated heterocycles. The lowest BCUT2D eigenvalue weighted by Crippen LogP contribution is -2.10. The van der Waals surface area contributed by atoms with Crippen LogP contribution < -0.4 is 5.32 Å². The molecule has 6 rings (SSSR count). The van der Waals surface area contributed by atoms with E-state index in [-0.39, 0.29) is 5.41 Å². The Morgan fingerprint density at radius 2 is 1.12 bits per heavy atom. The van der Waals surface area contributed by atoms with Crippen molar-refractivity contribution < 1.29 is 0 Å². The molecule has 0 fully saturated rings. The summed E-state index contributed by atoms with van der Waals surface area (Å²) >= 11 is 0. The number of hydrogen-bond donors (Lipinski definition) is 1. The summed E-state index contributed by atoms with van der Waals surface area (Å²) in [6, 6.07) is 46.4. The summed E-state index contributed by atoms with van der Waals surface area (Å²) in [5, 5.41) is 3.76. The van der Waals surface area contributed by atoms with Crippen LogP contribution in [0, 0.1) is 0 Å². The highest BCUT2D eigenvalue weighted by Crippen LogP contribution is 2.37. The second kappa shape index (κ2) is 11.2. The lowest BCUT2D eigenvalue weighted by molar-refractivity contribution is 0.590. The number of anilines is 2. The predicted molar refractivity (Wildman–Crippen MR) is 172 cm³/mol. The SMILES string of the molecule is CC(C)(C)c1cccc(-c2ccccc2Nc2ccccc2-c2cc(-c3ccccc3)cc(-c3ccccn3)n2)c1. The van der Waals surface area contributed by atoms with Crippen molar-refractivity contribution in [2.75, 3.05) is 5.32 Å². The molecular weight excluding hydrogens is 498 g/mol. The maximum Gasteiger partial charge on any atom is 0.0899 e. The molecule has 3 heteroatoms. The standard InChI is InChI=1S/C38H33N3/c1-38(2,3)30-17-13-16-28(24-30)31-18-7-9-20-33(31)40-34-21-10-8-19-32(34)36-25-29(27-14-5-4-6-15-27)26-37(41-36)35-22-11-12-23-39-35/h4-26,40H,1-3H3. The van der Waals surface area contributed by atoms with Crippen molar-refractivity contribution in [3.8, 4) is 44.9 Å². The second-order valence-corrected chi connectivity index (χ2v) is 11.3. The molecule has 200 valence electrons. The van der Waals surface area contributed by atoms with Crippen molar-refractivity contribution in [1.29, 1.82) is 0 Å². The zero-order valence-corrected chi connectivity index (χ0v) is 23.7. The quantitative estimate of drug-likeness (QED) is 0.232. The lowest BCUT2D eigenvalue weighted by Gasteiger charge is -2.21. The molecule has 6 aromatic rings. The van der Waals surface area contributed by atoms with E-state index in [1.54, 1.807) is 0 Å². The first kappa shape index (κ1) is 26.2. The Kier molecular flexibility index (Phi) is 7.18. The number of pyridine rings is 2. The van der Waals surface area contributed by atoms with Gasteiger partial charge in [-0.25, -0.2) is 4.98 Å². The van der Waals surface area contributed by atoms with E-state index in [2.05, 4.69) is 140 Å². The van der Waals surface area contributed by atoms with Gasteiger partial charge in [0, 0.05) is 28.7 Å². The van der Waals surface area contributed by atoms with E-state index in [4.69, 9.17) is 4.98 Å². The van der Waals surface area contributed by atoms with Crippen LogP contribution in [0.3, 0.4) is 0 Å². The third-order valence-electron chi connectivity index (χ3n) is 7.30. The molecule has 0 unspecified atom stereocenters. The van der Waals surface area contributed by atoms with Crippen molar-refractivity contribution >= 4 is 11.4 Å². The summed E-state index contributed by atoms with van der Waals surface area (Å²) in [6.45, 7) is 6.76. The Morgan fingerprint density at radius 3 is 1.85 bits per heavy atom. The first-order chi connectivity index (χ1) is 20.0. The Hall–Kier alpha value is -5.02. The number of para-hydroxylation sites is 2. The normalized spacial score (nSPS) is 11.3. The molecule has 2 aromatic heterocycles. The van der Waals surface area contributed by atoms with E-state index in [0.29, 0.717) is 0 Å². The molecule has 0 amide bonds. The lowest BCUT2D eigenvalue weighted by atomic mass is 9.85. The van der Waals surface area contributed by atoms with Crippen molar-refractivity contribution in [2.45, 2.75) is 26.2 Å². The monoisotopic (exact) mass is 531 g/mol. The van der Waals surface area contributed by atoms with Gasteiger partial charge in [-0.2, -0.15) is 0 Å². The van der Waals surface area contributed by atoms with Gasteiger partial charge in [0.2, 0.25) is 0 Å². The van der Waals surface area contributed by atoms with Crippen LogP contribution in [0.1, 0.15) is 26.3 Å². The van der Waals surface area contributed by atoms with Crippen LogP contribution in [0.4, 0.5) is 11.4 Å². The first-order valence-electron chi connectivity index (χ1n) is 14.0. The molecule has 0 aliphatic carbocycles. The second-order valence-electron chi connectivity index (χ2n) is 11.3.